The summed E-state index contributed by atoms with van der Waals surface area (Å²) in [6.07, 6.45) is 3.77. The highest BCUT2D eigenvalue weighted by Crippen LogP contribution is 2.17. The lowest BCUT2D eigenvalue weighted by atomic mass is 10.0. The molecule has 0 saturated carbocycles. The topological polar surface area (TPSA) is 45.2 Å². The molecule has 1 aliphatic heterocycles. The molecule has 4 nitrogen and oxygen atoms in total. The predicted molar refractivity (Wildman–Crippen MR) is 76.0 cm³/mol. The largest absolute Gasteiger partial charge is 0.350 e. The summed E-state index contributed by atoms with van der Waals surface area (Å²) >= 11 is 0. The van der Waals surface area contributed by atoms with Gasteiger partial charge in [0.05, 0.1) is 0 Å². The van der Waals surface area contributed by atoms with Gasteiger partial charge in [-0.25, -0.2) is 4.98 Å². The van der Waals surface area contributed by atoms with E-state index in [0.29, 0.717) is 24.1 Å². The number of aromatic nitrogens is 1. The highest BCUT2D eigenvalue weighted by molar-refractivity contribution is 5.94. The molecule has 1 atom stereocenters. The van der Waals surface area contributed by atoms with Crippen LogP contribution < -0.4 is 5.32 Å². The summed E-state index contributed by atoms with van der Waals surface area (Å²) in [6.45, 7) is 7.13. The molecule has 2 heterocycles. The van der Waals surface area contributed by atoms with Gasteiger partial charge >= 0.3 is 0 Å². The molecular weight excluding hydrogens is 257 g/mol. The SMILES string of the molecule is CC(C)C(CNC(=O)c1ccnc(F)c1)N1CCCC1. The van der Waals surface area contributed by atoms with Crippen LogP contribution >= 0.6 is 0 Å². The standard InChI is InChI=1S/C15H22FN3O/c1-11(2)13(19-7-3-4-8-19)10-18-15(20)12-5-6-17-14(16)9-12/h5-6,9,11,13H,3-4,7-8,10H2,1-2H3,(H,18,20). The van der Waals surface area contributed by atoms with Gasteiger partial charge < -0.3 is 5.32 Å². The van der Waals surface area contributed by atoms with Gasteiger partial charge in [0, 0.05) is 30.4 Å². The Morgan fingerprint density at radius 3 is 2.75 bits per heavy atom. The van der Waals surface area contributed by atoms with E-state index in [1.807, 2.05) is 0 Å². The molecule has 1 unspecified atom stereocenters. The zero-order valence-corrected chi connectivity index (χ0v) is 12.1. The van der Waals surface area contributed by atoms with E-state index in [2.05, 4.69) is 29.0 Å². The third-order valence-corrected chi connectivity index (χ3v) is 3.84. The van der Waals surface area contributed by atoms with E-state index in [-0.39, 0.29) is 5.91 Å². The van der Waals surface area contributed by atoms with Crippen LogP contribution in [0.4, 0.5) is 4.39 Å². The Hall–Kier alpha value is -1.49. The lowest BCUT2D eigenvalue weighted by Crippen LogP contribution is -2.45. The van der Waals surface area contributed by atoms with Gasteiger partial charge in [-0.3, -0.25) is 9.69 Å². The maximum atomic E-state index is 13.0. The van der Waals surface area contributed by atoms with Crippen LogP contribution in [-0.4, -0.2) is 41.5 Å². The Morgan fingerprint density at radius 2 is 2.15 bits per heavy atom. The highest BCUT2D eigenvalue weighted by atomic mass is 19.1. The zero-order chi connectivity index (χ0) is 14.5. The molecule has 110 valence electrons. The molecule has 1 aromatic heterocycles. The maximum Gasteiger partial charge on any atom is 0.251 e. The molecule has 0 spiro atoms. The molecule has 1 aliphatic rings. The van der Waals surface area contributed by atoms with Gasteiger partial charge in [0.2, 0.25) is 5.95 Å². The monoisotopic (exact) mass is 279 g/mol. The second kappa shape index (κ2) is 6.79. The molecule has 1 N–H and O–H groups in total. The first-order valence-corrected chi connectivity index (χ1v) is 7.21. The first-order chi connectivity index (χ1) is 9.58. The number of nitrogens with one attached hydrogen (secondary N) is 1. The molecule has 2 rings (SSSR count). The van der Waals surface area contributed by atoms with Gasteiger partial charge in [-0.1, -0.05) is 13.8 Å². The zero-order valence-electron chi connectivity index (χ0n) is 12.1. The first-order valence-electron chi connectivity index (χ1n) is 7.21. The molecule has 0 aliphatic carbocycles. The Morgan fingerprint density at radius 1 is 1.45 bits per heavy atom. The summed E-state index contributed by atoms with van der Waals surface area (Å²) in [6, 6.07) is 3.03. The van der Waals surface area contributed by atoms with E-state index in [9.17, 15) is 9.18 Å². The van der Waals surface area contributed by atoms with Crippen molar-refractivity contribution in [2.75, 3.05) is 19.6 Å². The molecule has 1 aromatic rings. The number of likely N-dealkylation sites (tertiary alicyclic amines) is 1. The van der Waals surface area contributed by atoms with Gasteiger partial charge in [-0.05, 0) is 37.9 Å². The number of amides is 1. The van der Waals surface area contributed by atoms with Crippen molar-refractivity contribution >= 4 is 5.91 Å². The number of hydrogen-bond donors (Lipinski definition) is 1. The van der Waals surface area contributed by atoms with Gasteiger partial charge in [-0.15, -0.1) is 0 Å². The van der Waals surface area contributed by atoms with Crippen LogP contribution in [0.15, 0.2) is 18.3 Å². The average molecular weight is 279 g/mol. The third kappa shape index (κ3) is 3.76. The normalized spacial score (nSPS) is 17.4. The van der Waals surface area contributed by atoms with E-state index in [4.69, 9.17) is 0 Å². The minimum Gasteiger partial charge on any atom is -0.350 e. The molecule has 20 heavy (non-hydrogen) atoms. The van der Waals surface area contributed by atoms with E-state index in [0.717, 1.165) is 19.2 Å². The van der Waals surface area contributed by atoms with Crippen LogP contribution in [0.2, 0.25) is 0 Å². The molecule has 1 amide bonds. The van der Waals surface area contributed by atoms with Crippen LogP contribution in [0.1, 0.15) is 37.0 Å². The second-order valence-electron chi connectivity index (χ2n) is 5.63. The maximum absolute atomic E-state index is 13.0. The Kier molecular flexibility index (Phi) is 5.06. The van der Waals surface area contributed by atoms with Gasteiger partial charge in [0.1, 0.15) is 0 Å². The number of carbonyl (C=O) groups excluding carboxylic acids is 1. The third-order valence-electron chi connectivity index (χ3n) is 3.84. The van der Waals surface area contributed by atoms with Crippen molar-refractivity contribution in [1.29, 1.82) is 0 Å². The van der Waals surface area contributed by atoms with Crippen molar-refractivity contribution in [1.82, 2.24) is 15.2 Å². The molecule has 0 aromatic carbocycles. The van der Waals surface area contributed by atoms with E-state index >= 15 is 0 Å². The number of pyridine rings is 1. The Labute approximate surface area is 119 Å². The predicted octanol–water partition coefficient (Wildman–Crippen LogP) is 2.07. The average Bonchev–Trinajstić information content (AvgIpc) is 2.92. The van der Waals surface area contributed by atoms with Crippen LogP contribution in [0, 0.1) is 11.9 Å². The van der Waals surface area contributed by atoms with Crippen molar-refractivity contribution in [2.45, 2.75) is 32.7 Å². The fourth-order valence-electron chi connectivity index (χ4n) is 2.70. The molecule has 0 radical (unpaired) electrons. The van der Waals surface area contributed by atoms with Gasteiger partial charge in [0.25, 0.3) is 5.91 Å². The summed E-state index contributed by atoms with van der Waals surface area (Å²) in [7, 11) is 0. The number of hydrogen-bond acceptors (Lipinski definition) is 3. The van der Waals surface area contributed by atoms with Gasteiger partial charge in [-0.2, -0.15) is 4.39 Å². The highest BCUT2D eigenvalue weighted by Gasteiger charge is 2.25. The summed E-state index contributed by atoms with van der Waals surface area (Å²) in [5.74, 6) is -0.392. The minimum absolute atomic E-state index is 0.240. The quantitative estimate of drug-likeness (QED) is 0.839. The van der Waals surface area contributed by atoms with Crippen LogP contribution in [0.5, 0.6) is 0 Å². The molecule has 1 fully saturated rings. The fraction of sp³-hybridized carbons (Fsp3) is 0.600. The minimum atomic E-state index is -0.627. The smallest absolute Gasteiger partial charge is 0.251 e. The number of carbonyl (C=O) groups is 1. The molecular formula is C15H22FN3O. The van der Waals surface area contributed by atoms with E-state index in [1.54, 1.807) is 0 Å². The number of halogens is 1. The lowest BCUT2D eigenvalue weighted by molar-refractivity contribution is 0.0926. The van der Waals surface area contributed by atoms with Crippen molar-refractivity contribution < 1.29 is 9.18 Å². The Bertz CT molecular complexity index is 458. The van der Waals surface area contributed by atoms with Crippen molar-refractivity contribution in [3.8, 4) is 0 Å². The van der Waals surface area contributed by atoms with E-state index in [1.165, 1.54) is 25.1 Å². The van der Waals surface area contributed by atoms with Gasteiger partial charge in [0.15, 0.2) is 0 Å². The van der Waals surface area contributed by atoms with Crippen LogP contribution in [0.3, 0.4) is 0 Å². The summed E-state index contributed by atoms with van der Waals surface area (Å²) in [5, 5.41) is 2.91. The first kappa shape index (κ1) is 14.9. The van der Waals surface area contributed by atoms with Crippen molar-refractivity contribution in [3.63, 3.8) is 0 Å². The van der Waals surface area contributed by atoms with Crippen LogP contribution in [-0.2, 0) is 0 Å². The second-order valence-corrected chi connectivity index (χ2v) is 5.63. The molecule has 5 heteroatoms. The van der Waals surface area contributed by atoms with Crippen LogP contribution in [0.25, 0.3) is 0 Å². The summed E-state index contributed by atoms with van der Waals surface area (Å²) in [4.78, 5) is 17.9. The molecule has 1 saturated heterocycles. The Balaban J connectivity index is 1.93. The fourth-order valence-corrected chi connectivity index (χ4v) is 2.70. The lowest BCUT2D eigenvalue weighted by Gasteiger charge is -2.31. The number of rotatable bonds is 5. The van der Waals surface area contributed by atoms with Crippen molar-refractivity contribution in [2.24, 2.45) is 5.92 Å². The number of nitrogens with zero attached hydrogens (tertiary/aromatic N) is 2. The summed E-state index contributed by atoms with van der Waals surface area (Å²) < 4.78 is 13.0. The van der Waals surface area contributed by atoms with E-state index < -0.39 is 5.95 Å². The molecule has 0 bridgehead atoms. The summed E-state index contributed by atoms with van der Waals surface area (Å²) in [5.41, 5.74) is 0.321. The van der Waals surface area contributed by atoms with Crippen molar-refractivity contribution in [3.05, 3.63) is 29.8 Å².